The van der Waals surface area contributed by atoms with E-state index >= 15 is 0 Å². The number of benzene rings is 1. The zero-order chi connectivity index (χ0) is 14.7. The fourth-order valence-corrected chi connectivity index (χ4v) is 2.97. The second-order valence-electron chi connectivity index (χ2n) is 5.25. The maximum Gasteiger partial charge on any atom is 0.335 e. The van der Waals surface area contributed by atoms with E-state index in [9.17, 15) is 9.59 Å². The number of rotatable bonds is 3. The second-order valence-corrected chi connectivity index (χ2v) is 6.16. The average molecular weight is 341 g/mol. The number of aromatic carboxylic acids is 1. The molecule has 1 saturated carbocycles. The van der Waals surface area contributed by atoms with Gasteiger partial charge in [-0.05, 0) is 43.4 Å². The van der Waals surface area contributed by atoms with Gasteiger partial charge in [0.2, 0.25) is 0 Å². The maximum atomic E-state index is 11.9. The monoisotopic (exact) mass is 340 g/mol. The number of carbonyl (C=O) groups excluding carboxylic acids is 1. The number of hydrogen-bond acceptors (Lipinski definition) is 2. The fraction of sp³-hybridized carbons (Fsp3) is 0.429. The topological polar surface area (TPSA) is 78.4 Å². The summed E-state index contributed by atoms with van der Waals surface area (Å²) in [5, 5.41) is 14.6. The summed E-state index contributed by atoms with van der Waals surface area (Å²) < 4.78 is 0.613. The van der Waals surface area contributed by atoms with E-state index in [0.717, 1.165) is 19.3 Å². The van der Waals surface area contributed by atoms with Crippen LogP contribution in [0, 0.1) is 5.92 Å². The molecule has 2 rings (SSSR count). The Kier molecular flexibility index (Phi) is 4.65. The van der Waals surface area contributed by atoms with Gasteiger partial charge in [-0.2, -0.15) is 0 Å². The number of hydrogen-bond donors (Lipinski definition) is 3. The second kappa shape index (κ2) is 6.26. The summed E-state index contributed by atoms with van der Waals surface area (Å²) in [5.41, 5.74) is 0.587. The summed E-state index contributed by atoms with van der Waals surface area (Å²) in [6.45, 7) is 2.17. The summed E-state index contributed by atoms with van der Waals surface area (Å²) in [6.07, 6.45) is 3.12. The lowest BCUT2D eigenvalue weighted by Gasteiger charge is -2.14. The molecule has 20 heavy (non-hydrogen) atoms. The van der Waals surface area contributed by atoms with Crippen LogP contribution in [-0.4, -0.2) is 23.1 Å². The fourth-order valence-electron chi connectivity index (χ4n) is 2.48. The lowest BCUT2D eigenvalue weighted by Crippen LogP contribution is -2.36. The molecule has 0 saturated heterocycles. The standard InChI is InChI=1S/C14H17BrN2O3/c1-8-2-3-11(4-8)16-14(20)17-12-6-9(13(18)19)5-10(15)7-12/h5-8,11H,2-4H2,1H3,(H,18,19)(H2,16,17,20). The molecule has 0 radical (unpaired) electrons. The molecule has 6 heteroatoms. The minimum atomic E-state index is -1.03. The van der Waals surface area contributed by atoms with Crippen LogP contribution in [0.5, 0.6) is 0 Å². The van der Waals surface area contributed by atoms with E-state index in [0.29, 0.717) is 16.1 Å². The van der Waals surface area contributed by atoms with Gasteiger partial charge in [0.15, 0.2) is 0 Å². The summed E-state index contributed by atoms with van der Waals surface area (Å²) in [5.74, 6) is -0.385. The Hall–Kier alpha value is -1.56. The van der Waals surface area contributed by atoms with Crippen molar-refractivity contribution in [2.75, 3.05) is 5.32 Å². The van der Waals surface area contributed by atoms with Crippen LogP contribution in [0.4, 0.5) is 10.5 Å². The third-order valence-corrected chi connectivity index (χ3v) is 3.89. The average Bonchev–Trinajstić information content (AvgIpc) is 2.73. The van der Waals surface area contributed by atoms with Crippen molar-refractivity contribution in [2.45, 2.75) is 32.2 Å². The summed E-state index contributed by atoms with van der Waals surface area (Å²) in [4.78, 5) is 22.8. The Morgan fingerprint density at radius 3 is 2.65 bits per heavy atom. The normalized spacial score (nSPS) is 21.5. The van der Waals surface area contributed by atoms with Crippen molar-refractivity contribution in [3.63, 3.8) is 0 Å². The molecule has 0 aliphatic heterocycles. The van der Waals surface area contributed by atoms with Gasteiger partial charge in [-0.3, -0.25) is 0 Å². The SMILES string of the molecule is CC1CCC(NC(=O)Nc2cc(Br)cc(C(=O)O)c2)C1. The predicted molar refractivity (Wildman–Crippen MR) is 80.1 cm³/mol. The highest BCUT2D eigenvalue weighted by Gasteiger charge is 2.22. The molecule has 0 bridgehead atoms. The van der Waals surface area contributed by atoms with Gasteiger partial charge in [0.05, 0.1) is 5.56 Å². The van der Waals surface area contributed by atoms with E-state index < -0.39 is 5.97 Å². The molecule has 1 fully saturated rings. The molecule has 5 nitrogen and oxygen atoms in total. The minimum absolute atomic E-state index is 0.129. The molecule has 2 unspecified atom stereocenters. The van der Waals surface area contributed by atoms with Crippen LogP contribution >= 0.6 is 15.9 Å². The van der Waals surface area contributed by atoms with E-state index in [-0.39, 0.29) is 17.6 Å². The Labute approximate surface area is 125 Å². The zero-order valence-corrected chi connectivity index (χ0v) is 12.7. The number of halogens is 1. The van der Waals surface area contributed by atoms with Crippen molar-refractivity contribution < 1.29 is 14.7 Å². The molecule has 0 heterocycles. The number of carboxylic acid groups (broad SMARTS) is 1. The van der Waals surface area contributed by atoms with Gasteiger partial charge in [0.25, 0.3) is 0 Å². The highest BCUT2D eigenvalue weighted by atomic mass is 79.9. The zero-order valence-electron chi connectivity index (χ0n) is 11.1. The quantitative estimate of drug-likeness (QED) is 0.788. The molecule has 1 aromatic rings. The third kappa shape index (κ3) is 3.96. The van der Waals surface area contributed by atoms with Crippen molar-refractivity contribution in [3.8, 4) is 0 Å². The molecule has 3 N–H and O–H groups in total. The first-order valence-electron chi connectivity index (χ1n) is 6.55. The Balaban J connectivity index is 1.98. The molecule has 0 aromatic heterocycles. The Morgan fingerprint density at radius 1 is 1.30 bits per heavy atom. The Bertz CT molecular complexity index is 533. The predicted octanol–water partition coefficient (Wildman–Crippen LogP) is 3.46. The maximum absolute atomic E-state index is 11.9. The van der Waals surface area contributed by atoms with Crippen molar-refractivity contribution in [2.24, 2.45) is 5.92 Å². The molecule has 0 spiro atoms. The van der Waals surface area contributed by atoms with Gasteiger partial charge in [-0.15, -0.1) is 0 Å². The van der Waals surface area contributed by atoms with Gasteiger partial charge in [-0.1, -0.05) is 22.9 Å². The van der Waals surface area contributed by atoms with Crippen LogP contribution in [0.1, 0.15) is 36.5 Å². The first kappa shape index (κ1) is 14.8. The van der Waals surface area contributed by atoms with Gasteiger partial charge < -0.3 is 15.7 Å². The lowest BCUT2D eigenvalue weighted by atomic mass is 10.1. The van der Waals surface area contributed by atoms with E-state index in [1.165, 1.54) is 12.1 Å². The summed E-state index contributed by atoms with van der Waals surface area (Å²) in [6, 6.07) is 4.51. The van der Waals surface area contributed by atoms with E-state index in [1.54, 1.807) is 6.07 Å². The third-order valence-electron chi connectivity index (χ3n) is 3.43. The molecule has 1 aliphatic carbocycles. The van der Waals surface area contributed by atoms with Crippen molar-refractivity contribution >= 4 is 33.6 Å². The smallest absolute Gasteiger partial charge is 0.335 e. The Morgan fingerprint density at radius 2 is 2.05 bits per heavy atom. The van der Waals surface area contributed by atoms with Crippen LogP contribution in [0.2, 0.25) is 0 Å². The van der Waals surface area contributed by atoms with Crippen LogP contribution < -0.4 is 10.6 Å². The molecule has 1 aliphatic rings. The highest BCUT2D eigenvalue weighted by molar-refractivity contribution is 9.10. The molecule has 2 atom stereocenters. The number of carboxylic acids is 1. The minimum Gasteiger partial charge on any atom is -0.478 e. The first-order valence-corrected chi connectivity index (χ1v) is 7.34. The van der Waals surface area contributed by atoms with Crippen molar-refractivity contribution in [3.05, 3.63) is 28.2 Å². The van der Waals surface area contributed by atoms with Crippen LogP contribution in [0.15, 0.2) is 22.7 Å². The molecule has 2 amide bonds. The summed E-state index contributed by atoms with van der Waals surface area (Å²) in [7, 11) is 0. The van der Waals surface area contributed by atoms with Crippen LogP contribution in [0.3, 0.4) is 0 Å². The van der Waals surface area contributed by atoms with E-state index in [4.69, 9.17) is 5.11 Å². The molecular weight excluding hydrogens is 324 g/mol. The van der Waals surface area contributed by atoms with Crippen molar-refractivity contribution in [1.29, 1.82) is 0 Å². The van der Waals surface area contributed by atoms with Crippen molar-refractivity contribution in [1.82, 2.24) is 5.32 Å². The number of amides is 2. The first-order chi connectivity index (χ1) is 9.44. The molecule has 1 aromatic carbocycles. The number of nitrogens with one attached hydrogen (secondary N) is 2. The molecule has 108 valence electrons. The van der Waals surface area contributed by atoms with Gasteiger partial charge in [0, 0.05) is 16.2 Å². The van der Waals surface area contributed by atoms with Gasteiger partial charge >= 0.3 is 12.0 Å². The highest BCUT2D eigenvalue weighted by Crippen LogP contribution is 2.25. The number of anilines is 1. The van der Waals surface area contributed by atoms with E-state index in [2.05, 4.69) is 33.5 Å². The van der Waals surface area contributed by atoms with Crippen LogP contribution in [0.25, 0.3) is 0 Å². The van der Waals surface area contributed by atoms with Crippen LogP contribution in [-0.2, 0) is 0 Å². The largest absolute Gasteiger partial charge is 0.478 e. The number of carbonyl (C=O) groups is 2. The van der Waals surface area contributed by atoms with Gasteiger partial charge in [-0.25, -0.2) is 9.59 Å². The summed E-state index contributed by atoms with van der Waals surface area (Å²) >= 11 is 3.23. The van der Waals surface area contributed by atoms with E-state index in [1.807, 2.05) is 0 Å². The molecular formula is C14H17BrN2O3. The number of urea groups is 1. The van der Waals surface area contributed by atoms with Gasteiger partial charge in [0.1, 0.15) is 0 Å². The lowest BCUT2D eigenvalue weighted by molar-refractivity contribution is 0.0697.